The molecule has 14 atom stereocenters. The fraction of sp³-hybridized carbons (Fsp3) is 0.612. The van der Waals surface area contributed by atoms with E-state index in [4.69, 9.17) is 26.4 Å². The maximum atomic E-state index is 15.7. The molecule has 560 valence electrons. The number of primary amides is 1. The number of fused-ring (bicyclic) bond motifs is 1. The summed E-state index contributed by atoms with van der Waals surface area (Å²) in [7, 11) is 0. The van der Waals surface area contributed by atoms with Crippen molar-refractivity contribution in [1.29, 1.82) is 5.41 Å². The Balaban J connectivity index is 2.01. The van der Waals surface area contributed by atoms with E-state index in [9.17, 15) is 63.6 Å². The highest BCUT2D eigenvalue weighted by atomic mass is 16.6. The SMILES string of the molecule is CC[C@H](C)[C@@H]1NC(=O)[C@@H](CCCNC(=N)N)NC(=O)[C@H](CC(C)C)NC(=O)[C@H]([C@H](O)C(C)C)NC(=O)[C@@H](NC(=O)[C@H](CC(C)C)NC(=O)C2(NC(=O)OC(C)(C)C)Cc3ccccc3C2)[C@@H](c2ccccc2)OC(=O)[C@H](CO)NC(=O)[C@H]([C@H](O)C(N)=O)NC(=O)CNC(=O)[C@H]([C@H](C)O)NC1=O. The number of ether oxygens (including phenoxy) is 2. The second kappa shape index (κ2) is 38.3. The number of esters is 1. The summed E-state index contributed by atoms with van der Waals surface area (Å²) in [5, 5.41) is 81.8. The number of alkyl carbamates (subject to hydrolysis) is 1. The molecule has 4 rings (SSSR count). The van der Waals surface area contributed by atoms with Crippen molar-refractivity contribution in [2.75, 3.05) is 19.7 Å². The van der Waals surface area contributed by atoms with Crippen LogP contribution in [0.3, 0.4) is 0 Å². The Morgan fingerprint density at radius 1 is 0.683 bits per heavy atom. The number of guanidine groups is 1. The number of hydrogen-bond donors (Lipinski definition) is 19. The van der Waals surface area contributed by atoms with Gasteiger partial charge in [0, 0.05) is 19.4 Å². The third-order valence-corrected chi connectivity index (χ3v) is 16.7. The number of nitrogens with one attached hydrogen (secondary N) is 13. The number of amides is 12. The monoisotopic (exact) mass is 1420 g/mol. The van der Waals surface area contributed by atoms with Gasteiger partial charge >= 0.3 is 12.1 Å². The van der Waals surface area contributed by atoms with E-state index in [2.05, 4.69) is 53.2 Å². The van der Waals surface area contributed by atoms with Crippen molar-refractivity contribution in [3.63, 3.8) is 0 Å². The van der Waals surface area contributed by atoms with Gasteiger partial charge in [0.2, 0.25) is 65.0 Å². The number of rotatable bonds is 22. The molecule has 1 heterocycles. The molecule has 1 saturated heterocycles. The second-order valence-corrected chi connectivity index (χ2v) is 27.6. The molecule has 1 aliphatic heterocycles. The molecule has 0 radical (unpaired) electrons. The van der Waals surface area contributed by atoms with Crippen LogP contribution in [0.2, 0.25) is 0 Å². The number of benzene rings is 2. The van der Waals surface area contributed by atoms with Crippen molar-refractivity contribution in [2.45, 2.75) is 218 Å². The fourth-order valence-electron chi connectivity index (χ4n) is 11.1. The smallest absolute Gasteiger partial charge is 0.408 e. The normalized spacial score (nSPS) is 24.0. The minimum atomic E-state index is -2.61. The molecule has 1 fully saturated rings. The van der Waals surface area contributed by atoms with E-state index in [1.165, 1.54) is 44.2 Å². The van der Waals surface area contributed by atoms with Gasteiger partial charge in [-0.25, -0.2) is 9.59 Å². The lowest BCUT2D eigenvalue weighted by molar-refractivity contribution is -0.159. The predicted molar refractivity (Wildman–Crippen MR) is 364 cm³/mol. The fourth-order valence-corrected chi connectivity index (χ4v) is 11.1. The summed E-state index contributed by atoms with van der Waals surface area (Å²) in [6.07, 6.45) is -9.71. The van der Waals surface area contributed by atoms with Crippen molar-refractivity contribution in [2.24, 2.45) is 35.1 Å². The summed E-state index contributed by atoms with van der Waals surface area (Å²) >= 11 is 0. The van der Waals surface area contributed by atoms with Gasteiger partial charge in [0.25, 0.3) is 0 Å². The van der Waals surface area contributed by atoms with Crippen LogP contribution in [-0.2, 0) is 79.8 Å². The number of cyclic esters (lactones) is 1. The molecule has 101 heavy (non-hydrogen) atoms. The van der Waals surface area contributed by atoms with Gasteiger partial charge in [0.05, 0.1) is 25.4 Å². The highest BCUT2D eigenvalue weighted by Crippen LogP contribution is 2.32. The summed E-state index contributed by atoms with van der Waals surface area (Å²) in [5.74, 6) is -17.9. The molecular formula is C67H103N15O19. The molecule has 2 aromatic rings. The lowest BCUT2D eigenvalue weighted by Gasteiger charge is -2.34. The second-order valence-electron chi connectivity index (χ2n) is 27.6. The van der Waals surface area contributed by atoms with E-state index in [-0.39, 0.29) is 57.1 Å². The molecule has 12 amide bonds. The van der Waals surface area contributed by atoms with Gasteiger partial charge in [-0.3, -0.25) is 58.1 Å². The quantitative estimate of drug-likeness (QED) is 0.0235. The molecule has 34 heteroatoms. The van der Waals surface area contributed by atoms with Crippen molar-refractivity contribution in [3.05, 3.63) is 71.3 Å². The maximum absolute atomic E-state index is 15.7. The van der Waals surface area contributed by atoms with Crippen LogP contribution < -0.4 is 75.3 Å². The molecule has 2 aliphatic rings. The van der Waals surface area contributed by atoms with E-state index >= 15 is 19.2 Å². The molecule has 0 unspecified atom stereocenters. The summed E-state index contributed by atoms with van der Waals surface area (Å²) < 4.78 is 11.6. The molecule has 0 aromatic heterocycles. The first-order valence-corrected chi connectivity index (χ1v) is 33.6. The Hall–Kier alpha value is -9.54. The third kappa shape index (κ3) is 25.2. The Labute approximate surface area is 586 Å². The molecule has 21 N–H and O–H groups in total. The minimum Gasteiger partial charge on any atom is -0.453 e. The summed E-state index contributed by atoms with van der Waals surface area (Å²) in [5.41, 5.74) is 9.35. The van der Waals surface area contributed by atoms with Crippen LogP contribution in [0.15, 0.2) is 54.6 Å². The van der Waals surface area contributed by atoms with Crippen molar-refractivity contribution < 1.29 is 92.2 Å². The standard InChI is InChI=1S/C67H103N15O19/c1-13-35(8)45-58(93)79-46(36(9)84)57(92)72-30-44(85)77-48(51(87)53(68)88)60(95)75-43(31-83)62(97)100-52(37-20-15-14-16-21-37)49(81-56(91)42(27-33(4)5)76-63(98)67(82-65(99)101-66(10,11)12)28-38-22-17-18-23-39(38)29-67)61(96)80-47(50(86)34(6)7)59(94)74-41(26-32(2)3)55(90)73-40(54(89)78-45)24-19-25-71-64(69)70/h14-18,20-23,32-36,40-43,45-52,83-84,86-87H,13,19,24-31H2,1-12H3,(H2,68,88)(H,72,92)(H,73,90)(H,74,94)(H,75,95)(H,76,98)(H,77,85)(H,78,89)(H,79,93)(H,80,96)(H,81,91)(H,82,99)(H4,69,70,71)/t35-,36-,40+,41-,42-,43-,45-,46-,47-,48-,49-,50+,51-,52+/m0/s1. The zero-order valence-corrected chi connectivity index (χ0v) is 59.1. The van der Waals surface area contributed by atoms with Crippen molar-refractivity contribution in [3.8, 4) is 0 Å². The van der Waals surface area contributed by atoms with Crippen LogP contribution in [0.1, 0.15) is 138 Å². The number of nitrogens with two attached hydrogens (primary N) is 2. The third-order valence-electron chi connectivity index (χ3n) is 16.7. The van der Waals surface area contributed by atoms with E-state index in [1.54, 1.807) is 86.6 Å². The average molecular weight is 1420 g/mol. The van der Waals surface area contributed by atoms with Crippen LogP contribution in [0.4, 0.5) is 4.79 Å². The largest absolute Gasteiger partial charge is 0.453 e. The predicted octanol–water partition coefficient (Wildman–Crippen LogP) is -3.54. The van der Waals surface area contributed by atoms with Gasteiger partial charge in [-0.15, -0.1) is 0 Å². The number of carbonyl (C=O) groups is 13. The number of aliphatic hydroxyl groups is 4. The number of carbonyl (C=O) groups excluding carboxylic acids is 13. The molecular weight excluding hydrogens is 1320 g/mol. The average Bonchev–Trinajstić information content (AvgIpc) is 1.64. The molecule has 0 saturated carbocycles. The Bertz CT molecular complexity index is 3250. The lowest BCUT2D eigenvalue weighted by atomic mass is 9.92. The van der Waals surface area contributed by atoms with Crippen LogP contribution in [0, 0.1) is 29.1 Å². The minimum absolute atomic E-state index is 0.00222. The first kappa shape index (κ1) is 83.9. The molecule has 0 spiro atoms. The Morgan fingerprint density at radius 3 is 1.76 bits per heavy atom. The van der Waals surface area contributed by atoms with E-state index in [1.807, 2.05) is 10.6 Å². The molecule has 1 aliphatic carbocycles. The van der Waals surface area contributed by atoms with Crippen LogP contribution >= 0.6 is 0 Å². The van der Waals surface area contributed by atoms with Crippen molar-refractivity contribution >= 4 is 83.0 Å². The maximum Gasteiger partial charge on any atom is 0.408 e. The van der Waals surface area contributed by atoms with Gasteiger partial charge in [-0.2, -0.15) is 0 Å². The topological polar surface area (TPSA) is 542 Å². The summed E-state index contributed by atoms with van der Waals surface area (Å²) in [6, 6.07) is -3.24. The van der Waals surface area contributed by atoms with Gasteiger partial charge in [0.15, 0.2) is 24.2 Å². The summed E-state index contributed by atoms with van der Waals surface area (Å²) in [6.45, 7) is 16.4. The lowest BCUT2D eigenvalue weighted by Crippen LogP contribution is -2.65. The first-order chi connectivity index (χ1) is 47.2. The molecule has 0 bridgehead atoms. The van der Waals surface area contributed by atoms with Crippen LogP contribution in [0.25, 0.3) is 0 Å². The Morgan fingerprint density at radius 2 is 1.23 bits per heavy atom. The van der Waals surface area contributed by atoms with Crippen molar-refractivity contribution in [1.82, 2.24) is 63.8 Å². The van der Waals surface area contributed by atoms with Gasteiger partial charge < -0.3 is 105 Å². The zero-order chi connectivity index (χ0) is 76.0. The number of hydrogen-bond acceptors (Lipinski definition) is 20. The van der Waals surface area contributed by atoms with Gasteiger partial charge in [-0.1, -0.05) is 116 Å². The number of aliphatic hydroxyl groups excluding tert-OH is 4. The first-order valence-electron chi connectivity index (χ1n) is 33.6. The van der Waals surface area contributed by atoms with E-state index in [0.29, 0.717) is 11.1 Å². The highest BCUT2D eigenvalue weighted by Gasteiger charge is 2.49. The molecule has 34 nitrogen and oxygen atoms in total. The van der Waals surface area contributed by atoms with Crippen LogP contribution in [0.5, 0.6) is 0 Å². The zero-order valence-electron chi connectivity index (χ0n) is 59.1. The van der Waals surface area contributed by atoms with Gasteiger partial charge in [-0.05, 0) is 93.7 Å². The Kier molecular flexibility index (Phi) is 31.8. The summed E-state index contributed by atoms with van der Waals surface area (Å²) in [4.78, 5) is 187. The van der Waals surface area contributed by atoms with E-state index < -0.39 is 210 Å². The van der Waals surface area contributed by atoms with Gasteiger partial charge in [0.1, 0.15) is 59.5 Å². The highest BCUT2D eigenvalue weighted by molar-refractivity contribution is 6.01. The molecule has 2 aromatic carbocycles. The van der Waals surface area contributed by atoms with E-state index in [0.717, 1.165) is 6.92 Å². The van der Waals surface area contributed by atoms with Crippen LogP contribution in [-0.4, -0.2) is 207 Å².